The number of alkyl halides is 3. The zero-order chi connectivity index (χ0) is 13.8. The van der Waals surface area contributed by atoms with Gasteiger partial charge in [0.1, 0.15) is 0 Å². The Morgan fingerprint density at radius 2 is 1.89 bits per heavy atom. The molecule has 0 saturated carbocycles. The van der Waals surface area contributed by atoms with Gasteiger partial charge in [-0.05, 0) is 11.6 Å². The summed E-state index contributed by atoms with van der Waals surface area (Å²) in [5.74, 6) is 0. The van der Waals surface area contributed by atoms with Crippen molar-refractivity contribution in [2.45, 2.75) is 26.1 Å². The minimum Gasteiger partial charge on any atom is -0.450 e. The number of primary amides is 1. The quantitative estimate of drug-likeness (QED) is 0.888. The number of hydrogen-bond acceptors (Lipinski definition) is 3. The van der Waals surface area contributed by atoms with E-state index in [1.54, 1.807) is 0 Å². The molecule has 0 heterocycles. The van der Waals surface area contributed by atoms with Crippen molar-refractivity contribution < 1.29 is 22.7 Å². The largest absolute Gasteiger partial charge is 0.450 e. The highest BCUT2D eigenvalue weighted by atomic mass is 19.4. The Labute approximate surface area is 109 Å². The molecule has 1 aromatic carbocycles. The van der Waals surface area contributed by atoms with E-state index in [-0.39, 0.29) is 26.0 Å². The molecule has 1 amide bonds. The standard InChI is InChI=1S/C11H13F3N2O2.CH4/c12-11(13,14)8-4-2-1-3-7(8)9(15)5-6-18-10(16)17;/h1-4,9H,5-6,15H2,(H2,16,17);1H4/t9-;/m0./s1. The van der Waals surface area contributed by atoms with Gasteiger partial charge in [0.05, 0.1) is 12.2 Å². The van der Waals surface area contributed by atoms with Crippen LogP contribution in [0.25, 0.3) is 0 Å². The first-order valence-electron chi connectivity index (χ1n) is 5.16. The van der Waals surface area contributed by atoms with Gasteiger partial charge in [-0.1, -0.05) is 25.6 Å². The van der Waals surface area contributed by atoms with Crippen LogP contribution in [0.1, 0.15) is 31.0 Å². The van der Waals surface area contributed by atoms with E-state index >= 15 is 0 Å². The summed E-state index contributed by atoms with van der Waals surface area (Å²) in [5, 5.41) is 0. The molecule has 0 bridgehead atoms. The molecule has 19 heavy (non-hydrogen) atoms. The second-order valence-electron chi connectivity index (χ2n) is 3.65. The van der Waals surface area contributed by atoms with Gasteiger partial charge in [-0.2, -0.15) is 13.2 Å². The van der Waals surface area contributed by atoms with Crippen molar-refractivity contribution in [2.24, 2.45) is 11.5 Å². The Morgan fingerprint density at radius 3 is 2.42 bits per heavy atom. The van der Waals surface area contributed by atoms with Gasteiger partial charge >= 0.3 is 12.3 Å². The highest BCUT2D eigenvalue weighted by Crippen LogP contribution is 2.34. The van der Waals surface area contributed by atoms with Gasteiger partial charge in [0, 0.05) is 12.5 Å². The molecule has 0 aliphatic rings. The van der Waals surface area contributed by atoms with Gasteiger partial charge in [0.2, 0.25) is 0 Å². The Kier molecular flexibility index (Phi) is 6.34. The SMILES string of the molecule is C.NC(=O)OCC[C@H](N)c1ccccc1C(F)(F)F. The minimum atomic E-state index is -4.46. The Morgan fingerprint density at radius 1 is 1.32 bits per heavy atom. The number of carbonyl (C=O) groups is 1. The molecule has 4 N–H and O–H groups in total. The van der Waals surface area contributed by atoms with E-state index in [9.17, 15) is 18.0 Å². The van der Waals surface area contributed by atoms with Crippen molar-refractivity contribution in [1.82, 2.24) is 0 Å². The third-order valence-corrected chi connectivity index (χ3v) is 2.34. The van der Waals surface area contributed by atoms with Crippen LogP contribution in [0, 0.1) is 0 Å². The van der Waals surface area contributed by atoms with E-state index in [2.05, 4.69) is 4.74 Å². The molecule has 1 aromatic rings. The van der Waals surface area contributed by atoms with Crippen LogP contribution < -0.4 is 11.5 Å². The predicted molar refractivity (Wildman–Crippen MR) is 65.3 cm³/mol. The molecule has 0 fully saturated rings. The molecule has 4 nitrogen and oxygen atoms in total. The third kappa shape index (κ3) is 5.17. The lowest BCUT2D eigenvalue weighted by Gasteiger charge is -2.17. The molecule has 0 aliphatic carbocycles. The predicted octanol–water partition coefficient (Wildman–Crippen LogP) is 2.83. The Balaban J connectivity index is 0.00000324. The molecular weight excluding hydrogens is 261 g/mol. The molecule has 0 aromatic heterocycles. The number of rotatable bonds is 4. The average Bonchev–Trinajstić information content (AvgIpc) is 2.27. The zero-order valence-electron chi connectivity index (χ0n) is 9.41. The van der Waals surface area contributed by atoms with E-state index in [4.69, 9.17) is 11.5 Å². The normalized spacial score (nSPS) is 12.4. The molecule has 1 rings (SSSR count). The first-order chi connectivity index (χ1) is 8.32. The summed E-state index contributed by atoms with van der Waals surface area (Å²) in [5.41, 5.74) is 9.57. The second-order valence-corrected chi connectivity index (χ2v) is 3.65. The fraction of sp³-hybridized carbons (Fsp3) is 0.417. The zero-order valence-corrected chi connectivity index (χ0v) is 9.41. The van der Waals surface area contributed by atoms with Crippen LogP contribution >= 0.6 is 0 Å². The van der Waals surface area contributed by atoms with Crippen LogP contribution in [0.2, 0.25) is 0 Å². The number of nitrogens with two attached hydrogens (primary N) is 2. The molecule has 0 radical (unpaired) electrons. The summed E-state index contributed by atoms with van der Waals surface area (Å²) in [6, 6.07) is 4.16. The van der Waals surface area contributed by atoms with Gasteiger partial charge < -0.3 is 16.2 Å². The van der Waals surface area contributed by atoms with Gasteiger partial charge in [-0.3, -0.25) is 0 Å². The lowest BCUT2D eigenvalue weighted by atomic mass is 9.98. The number of amides is 1. The van der Waals surface area contributed by atoms with Crippen LogP contribution in [0.5, 0.6) is 0 Å². The average molecular weight is 278 g/mol. The molecule has 0 aliphatic heterocycles. The molecule has 108 valence electrons. The van der Waals surface area contributed by atoms with Crippen LogP contribution in [0.3, 0.4) is 0 Å². The first-order valence-corrected chi connectivity index (χ1v) is 5.16. The van der Waals surface area contributed by atoms with Crippen molar-refractivity contribution >= 4 is 6.09 Å². The van der Waals surface area contributed by atoms with E-state index < -0.39 is 23.9 Å². The monoisotopic (exact) mass is 278 g/mol. The van der Waals surface area contributed by atoms with Crippen molar-refractivity contribution in [1.29, 1.82) is 0 Å². The summed E-state index contributed by atoms with van der Waals surface area (Å²) in [6.07, 6.45) is -5.37. The summed E-state index contributed by atoms with van der Waals surface area (Å²) in [7, 11) is 0. The van der Waals surface area contributed by atoms with Crippen molar-refractivity contribution in [2.75, 3.05) is 6.61 Å². The number of carbonyl (C=O) groups excluding carboxylic acids is 1. The molecule has 1 atom stereocenters. The molecule has 0 saturated heterocycles. The smallest absolute Gasteiger partial charge is 0.416 e. The van der Waals surface area contributed by atoms with E-state index in [1.165, 1.54) is 18.2 Å². The van der Waals surface area contributed by atoms with Crippen LogP contribution in [0.4, 0.5) is 18.0 Å². The first kappa shape index (κ1) is 17.2. The number of ether oxygens (including phenoxy) is 1. The molecular formula is C12H17F3N2O2. The second kappa shape index (κ2) is 6.98. The van der Waals surface area contributed by atoms with E-state index in [1.807, 2.05) is 0 Å². The molecule has 0 unspecified atom stereocenters. The Bertz CT molecular complexity index is 422. The van der Waals surface area contributed by atoms with E-state index in [0.29, 0.717) is 0 Å². The van der Waals surface area contributed by atoms with Crippen molar-refractivity contribution in [3.8, 4) is 0 Å². The lowest BCUT2D eigenvalue weighted by Crippen LogP contribution is -2.21. The molecule has 7 heteroatoms. The highest BCUT2D eigenvalue weighted by molar-refractivity contribution is 5.64. The highest BCUT2D eigenvalue weighted by Gasteiger charge is 2.34. The fourth-order valence-electron chi connectivity index (χ4n) is 1.52. The number of halogens is 3. The maximum absolute atomic E-state index is 12.7. The van der Waals surface area contributed by atoms with Gasteiger partial charge in [0.15, 0.2) is 0 Å². The Hall–Kier alpha value is -1.76. The fourth-order valence-corrected chi connectivity index (χ4v) is 1.52. The number of benzene rings is 1. The van der Waals surface area contributed by atoms with Crippen molar-refractivity contribution in [3.05, 3.63) is 35.4 Å². The van der Waals surface area contributed by atoms with Gasteiger partial charge in [0.25, 0.3) is 0 Å². The maximum atomic E-state index is 12.7. The van der Waals surface area contributed by atoms with E-state index in [0.717, 1.165) is 6.07 Å². The minimum absolute atomic E-state index is 0. The summed E-state index contributed by atoms with van der Waals surface area (Å²) in [6.45, 7) is -0.122. The van der Waals surface area contributed by atoms with Crippen LogP contribution in [0.15, 0.2) is 24.3 Å². The molecule has 0 spiro atoms. The van der Waals surface area contributed by atoms with Crippen LogP contribution in [-0.2, 0) is 10.9 Å². The van der Waals surface area contributed by atoms with Gasteiger partial charge in [-0.25, -0.2) is 4.79 Å². The summed E-state index contributed by atoms with van der Waals surface area (Å²) >= 11 is 0. The number of hydrogen-bond donors (Lipinski definition) is 2. The lowest BCUT2D eigenvalue weighted by molar-refractivity contribution is -0.138. The third-order valence-electron chi connectivity index (χ3n) is 2.34. The maximum Gasteiger partial charge on any atom is 0.416 e. The van der Waals surface area contributed by atoms with Crippen molar-refractivity contribution in [3.63, 3.8) is 0 Å². The topological polar surface area (TPSA) is 78.3 Å². The summed E-state index contributed by atoms with van der Waals surface area (Å²) in [4.78, 5) is 10.3. The van der Waals surface area contributed by atoms with Gasteiger partial charge in [-0.15, -0.1) is 0 Å². The van der Waals surface area contributed by atoms with Crippen LogP contribution in [-0.4, -0.2) is 12.7 Å². The summed E-state index contributed by atoms with van der Waals surface area (Å²) < 4.78 is 42.5.